The Labute approximate surface area is 272 Å². The lowest BCUT2D eigenvalue weighted by Crippen LogP contribution is -2.53. The molecule has 44 heavy (non-hydrogen) atoms. The number of rotatable bonds is 34. The molecule has 6 nitrogen and oxygen atoms in total. The van der Waals surface area contributed by atoms with E-state index in [9.17, 15) is 25.2 Å². The quantitative estimate of drug-likeness (QED) is 0.0362. The molecule has 262 valence electrons. The smallest absolute Gasteiger partial charge is 0.249 e. The van der Waals surface area contributed by atoms with Crippen LogP contribution in [0, 0.1) is 0 Å². The molecular weight excluding hydrogens is 550 g/mol. The van der Waals surface area contributed by atoms with Crippen molar-refractivity contribution < 1.29 is 25.2 Å². The van der Waals surface area contributed by atoms with Gasteiger partial charge in [0.25, 0.3) is 0 Å². The minimum absolute atomic E-state index is 0.365. The van der Waals surface area contributed by atoms with Gasteiger partial charge in [0.2, 0.25) is 5.91 Å². The molecule has 0 aromatic carbocycles. The maximum Gasteiger partial charge on any atom is 0.249 e. The monoisotopic (exact) mass is 626 g/mol. The van der Waals surface area contributed by atoms with Crippen LogP contribution in [0.15, 0.2) is 12.2 Å². The molecule has 0 heterocycles. The average molecular weight is 626 g/mol. The highest BCUT2D eigenvalue weighted by molar-refractivity contribution is 5.80. The number of allylic oxidation sites excluding steroid dienone is 2. The fourth-order valence-corrected chi connectivity index (χ4v) is 5.87. The Hall–Kier alpha value is -0.950. The summed E-state index contributed by atoms with van der Waals surface area (Å²) in [4.78, 5) is 12.4. The highest BCUT2D eigenvalue weighted by atomic mass is 16.3. The second-order valence-electron chi connectivity index (χ2n) is 13.3. The molecular formula is C38H75NO5. The van der Waals surface area contributed by atoms with Gasteiger partial charge in [0.05, 0.1) is 18.8 Å². The lowest BCUT2D eigenvalue weighted by atomic mass is 9.99. The van der Waals surface area contributed by atoms with Gasteiger partial charge in [-0.2, -0.15) is 0 Å². The third-order valence-electron chi connectivity index (χ3n) is 8.98. The standard InChI is InChI=1S/C38H75NO5/c1-3-5-7-9-10-11-12-13-14-15-16-17-18-19-20-21-22-23-24-25-26-28-30-32-36(42)38(44)39-34(33-40)37(43)35(41)31-29-27-8-6-4-2/h19-20,34-37,40-43H,3-18,21-33H2,1-2H3,(H,39,44)/b20-19-. The molecule has 0 spiro atoms. The van der Waals surface area contributed by atoms with E-state index in [1.165, 1.54) is 116 Å². The van der Waals surface area contributed by atoms with Gasteiger partial charge < -0.3 is 25.7 Å². The van der Waals surface area contributed by atoms with Crippen LogP contribution in [0.2, 0.25) is 0 Å². The van der Waals surface area contributed by atoms with Crippen molar-refractivity contribution in [2.24, 2.45) is 0 Å². The van der Waals surface area contributed by atoms with Crippen LogP contribution >= 0.6 is 0 Å². The van der Waals surface area contributed by atoms with Gasteiger partial charge in [-0.25, -0.2) is 0 Å². The summed E-state index contributed by atoms with van der Waals surface area (Å²) in [6, 6.07) is -0.980. The van der Waals surface area contributed by atoms with E-state index >= 15 is 0 Å². The van der Waals surface area contributed by atoms with E-state index in [2.05, 4.69) is 31.3 Å². The Balaban J connectivity index is 3.63. The molecule has 0 aliphatic rings. The molecule has 0 radical (unpaired) electrons. The lowest BCUT2D eigenvalue weighted by molar-refractivity contribution is -0.132. The van der Waals surface area contributed by atoms with Crippen LogP contribution in [0.3, 0.4) is 0 Å². The summed E-state index contributed by atoms with van der Waals surface area (Å²) in [6.07, 6.45) is 34.3. The SMILES string of the molecule is CCCCCCCCCCCCCC/C=C\CCCCCCCCCC(O)C(=O)NC(CO)C(O)C(O)CCCCCCC. The van der Waals surface area contributed by atoms with Gasteiger partial charge in [0.1, 0.15) is 12.2 Å². The van der Waals surface area contributed by atoms with Gasteiger partial charge >= 0.3 is 0 Å². The Morgan fingerprint density at radius 2 is 0.909 bits per heavy atom. The zero-order valence-corrected chi connectivity index (χ0v) is 29.2. The molecule has 0 aromatic rings. The fourth-order valence-electron chi connectivity index (χ4n) is 5.87. The molecule has 0 saturated carbocycles. The van der Waals surface area contributed by atoms with E-state index in [1.807, 2.05) is 0 Å². The van der Waals surface area contributed by atoms with Gasteiger partial charge in [-0.15, -0.1) is 0 Å². The van der Waals surface area contributed by atoms with Gasteiger partial charge in [0, 0.05) is 0 Å². The third-order valence-corrected chi connectivity index (χ3v) is 8.98. The Kier molecular flexibility index (Phi) is 32.7. The lowest BCUT2D eigenvalue weighted by Gasteiger charge is -2.27. The minimum Gasteiger partial charge on any atom is -0.394 e. The predicted octanol–water partition coefficient (Wildman–Crippen LogP) is 9.07. The van der Waals surface area contributed by atoms with E-state index in [1.54, 1.807) is 0 Å². The number of carbonyl (C=O) groups excluding carboxylic acids is 1. The maximum atomic E-state index is 12.4. The molecule has 0 saturated heterocycles. The molecule has 0 aliphatic heterocycles. The molecule has 0 bridgehead atoms. The Morgan fingerprint density at radius 1 is 0.545 bits per heavy atom. The summed E-state index contributed by atoms with van der Waals surface area (Å²) in [7, 11) is 0. The summed E-state index contributed by atoms with van der Waals surface area (Å²) in [5.74, 6) is -0.592. The van der Waals surface area contributed by atoms with Crippen LogP contribution in [0.1, 0.15) is 194 Å². The number of amides is 1. The minimum atomic E-state index is -1.25. The number of hydrogen-bond acceptors (Lipinski definition) is 5. The maximum absolute atomic E-state index is 12.4. The number of unbranched alkanes of at least 4 members (excludes halogenated alkanes) is 23. The van der Waals surface area contributed by atoms with Crippen LogP contribution in [0.5, 0.6) is 0 Å². The number of nitrogens with one attached hydrogen (secondary N) is 1. The Morgan fingerprint density at radius 3 is 1.32 bits per heavy atom. The van der Waals surface area contributed by atoms with Gasteiger partial charge in [-0.1, -0.05) is 167 Å². The van der Waals surface area contributed by atoms with Gasteiger partial charge in [-0.3, -0.25) is 4.79 Å². The summed E-state index contributed by atoms with van der Waals surface area (Å²) >= 11 is 0. The molecule has 0 aliphatic carbocycles. The molecule has 1 amide bonds. The zero-order chi connectivity index (χ0) is 32.5. The molecule has 4 atom stereocenters. The van der Waals surface area contributed by atoms with Crippen molar-refractivity contribution in [2.75, 3.05) is 6.61 Å². The molecule has 5 N–H and O–H groups in total. The molecule has 0 rings (SSSR count). The van der Waals surface area contributed by atoms with Crippen molar-refractivity contribution in [3.8, 4) is 0 Å². The third kappa shape index (κ3) is 27.4. The van der Waals surface area contributed by atoms with Crippen molar-refractivity contribution >= 4 is 5.91 Å². The summed E-state index contributed by atoms with van der Waals surface area (Å²) < 4.78 is 0. The van der Waals surface area contributed by atoms with E-state index in [0.29, 0.717) is 12.8 Å². The highest BCUT2D eigenvalue weighted by Crippen LogP contribution is 2.15. The molecule has 0 aromatic heterocycles. The first-order chi connectivity index (χ1) is 21.5. The number of aliphatic hydroxyl groups is 4. The van der Waals surface area contributed by atoms with Gasteiger partial charge in [0.15, 0.2) is 0 Å². The van der Waals surface area contributed by atoms with Crippen LogP contribution in [0.25, 0.3) is 0 Å². The van der Waals surface area contributed by atoms with E-state index in [-0.39, 0.29) is 0 Å². The summed E-state index contributed by atoms with van der Waals surface area (Å²) in [6.45, 7) is 3.94. The molecule has 4 unspecified atom stereocenters. The first-order valence-electron chi connectivity index (χ1n) is 19.1. The van der Waals surface area contributed by atoms with Crippen molar-refractivity contribution in [1.82, 2.24) is 5.32 Å². The van der Waals surface area contributed by atoms with E-state index < -0.39 is 36.9 Å². The van der Waals surface area contributed by atoms with Crippen molar-refractivity contribution in [2.45, 2.75) is 218 Å². The summed E-state index contributed by atoms with van der Waals surface area (Å²) in [5, 5.41) is 43.0. The number of aliphatic hydroxyl groups excluding tert-OH is 4. The van der Waals surface area contributed by atoms with Crippen molar-refractivity contribution in [3.63, 3.8) is 0 Å². The van der Waals surface area contributed by atoms with Gasteiger partial charge in [-0.05, 0) is 38.5 Å². The first kappa shape index (κ1) is 43.0. The summed E-state index contributed by atoms with van der Waals surface area (Å²) in [5.41, 5.74) is 0. The van der Waals surface area contributed by atoms with Crippen molar-refractivity contribution in [3.05, 3.63) is 12.2 Å². The molecule has 6 heteroatoms. The molecule has 0 fully saturated rings. The first-order valence-corrected chi connectivity index (χ1v) is 19.1. The van der Waals surface area contributed by atoms with E-state index in [0.717, 1.165) is 51.4 Å². The van der Waals surface area contributed by atoms with Crippen LogP contribution in [-0.4, -0.2) is 57.3 Å². The second kappa shape index (κ2) is 33.4. The largest absolute Gasteiger partial charge is 0.394 e. The topological polar surface area (TPSA) is 110 Å². The van der Waals surface area contributed by atoms with E-state index in [4.69, 9.17) is 0 Å². The predicted molar refractivity (Wildman–Crippen MR) is 187 cm³/mol. The fraction of sp³-hybridized carbons (Fsp3) is 0.921. The number of carbonyl (C=O) groups is 1. The highest BCUT2D eigenvalue weighted by Gasteiger charge is 2.28. The Bertz CT molecular complexity index is 628. The van der Waals surface area contributed by atoms with Crippen LogP contribution in [-0.2, 0) is 4.79 Å². The normalized spacial score (nSPS) is 14.6. The van der Waals surface area contributed by atoms with Crippen LogP contribution in [0.4, 0.5) is 0 Å². The van der Waals surface area contributed by atoms with Crippen LogP contribution < -0.4 is 5.32 Å². The second-order valence-corrected chi connectivity index (χ2v) is 13.3. The zero-order valence-electron chi connectivity index (χ0n) is 29.2. The number of hydrogen-bond donors (Lipinski definition) is 5. The average Bonchev–Trinajstić information content (AvgIpc) is 3.03. The van der Waals surface area contributed by atoms with Crippen molar-refractivity contribution in [1.29, 1.82) is 0 Å².